The number of aromatic carboxylic acids is 1. The fourth-order valence-electron chi connectivity index (χ4n) is 3.79. The van der Waals surface area contributed by atoms with Crippen LogP contribution in [0.25, 0.3) is 11.0 Å². The molecule has 4 rings (SSSR count). The van der Waals surface area contributed by atoms with E-state index >= 15 is 0 Å². The van der Waals surface area contributed by atoms with Gasteiger partial charge in [-0.25, -0.2) is 13.9 Å². The first kappa shape index (κ1) is 18.0. The topological polar surface area (TPSA) is 46.1 Å². The van der Waals surface area contributed by atoms with Crippen LogP contribution in [0.15, 0.2) is 72.8 Å². The van der Waals surface area contributed by atoms with E-state index in [1.807, 2.05) is 75.9 Å². The van der Waals surface area contributed by atoms with Gasteiger partial charge in [-0.15, -0.1) is 0 Å². The van der Waals surface area contributed by atoms with E-state index in [-0.39, 0.29) is 0 Å². The van der Waals surface area contributed by atoms with Crippen LogP contribution in [0.1, 0.15) is 32.9 Å². The summed E-state index contributed by atoms with van der Waals surface area (Å²) in [6.07, 6.45) is 0. The molecule has 4 nitrogen and oxygen atoms in total. The number of hydrogen-bond donors (Lipinski definition) is 1. The Hall–Kier alpha value is -3.40. The Bertz CT molecular complexity index is 1150. The molecule has 0 saturated heterocycles. The van der Waals surface area contributed by atoms with Crippen molar-refractivity contribution in [1.29, 1.82) is 0 Å². The number of carboxylic acids is 1. The van der Waals surface area contributed by atoms with Crippen LogP contribution in [-0.2, 0) is 13.1 Å². The lowest BCUT2D eigenvalue weighted by Crippen LogP contribution is -2.41. The van der Waals surface area contributed by atoms with E-state index in [0.717, 1.165) is 33.3 Å². The van der Waals surface area contributed by atoms with Gasteiger partial charge in [-0.3, -0.25) is 0 Å². The van der Waals surface area contributed by atoms with Crippen LogP contribution in [0, 0.1) is 13.8 Å². The molecule has 28 heavy (non-hydrogen) atoms. The molecule has 0 radical (unpaired) electrons. The molecule has 1 N–H and O–H groups in total. The fraction of sp³-hybridized carbons (Fsp3) is 0.167. The predicted octanol–water partition coefficient (Wildman–Crippen LogP) is 4.34. The molecule has 0 atom stereocenters. The second-order valence-electron chi connectivity index (χ2n) is 7.15. The monoisotopic (exact) mass is 371 g/mol. The molecule has 3 aromatic carbocycles. The van der Waals surface area contributed by atoms with E-state index in [4.69, 9.17) is 0 Å². The molecule has 0 fully saturated rings. The highest BCUT2D eigenvalue weighted by Crippen LogP contribution is 2.23. The van der Waals surface area contributed by atoms with Gasteiger partial charge in [0, 0.05) is 5.56 Å². The van der Waals surface area contributed by atoms with Crippen molar-refractivity contribution in [2.24, 2.45) is 0 Å². The summed E-state index contributed by atoms with van der Waals surface area (Å²) in [6.45, 7) is 5.17. The zero-order valence-corrected chi connectivity index (χ0v) is 16.1. The predicted molar refractivity (Wildman–Crippen MR) is 110 cm³/mol. The smallest absolute Gasteiger partial charge is 0.419 e. The van der Waals surface area contributed by atoms with Crippen molar-refractivity contribution in [2.75, 3.05) is 0 Å². The van der Waals surface area contributed by atoms with E-state index in [2.05, 4.69) is 19.9 Å². The molecule has 1 aromatic heterocycles. The lowest BCUT2D eigenvalue weighted by molar-refractivity contribution is -0.666. The number of nitrogens with zero attached hydrogens (tertiary/aromatic N) is 2. The SMILES string of the molecule is Cc1ccc2c(c1C)[n+](Cc1ccccc1)c(C(=O)O)n2Cc1ccccc1. The Morgan fingerprint density at radius 1 is 0.893 bits per heavy atom. The number of fused-ring (bicyclic) bond motifs is 1. The number of aryl methyl sites for hydroxylation is 2. The molecule has 1 heterocycles. The highest BCUT2D eigenvalue weighted by atomic mass is 16.4. The Balaban J connectivity index is 1.99. The second-order valence-corrected chi connectivity index (χ2v) is 7.15. The third kappa shape index (κ3) is 3.18. The van der Waals surface area contributed by atoms with Gasteiger partial charge in [-0.2, -0.15) is 0 Å². The molecule has 0 bridgehead atoms. The van der Waals surface area contributed by atoms with Crippen molar-refractivity contribution in [3.63, 3.8) is 0 Å². The number of carbonyl (C=O) groups is 1. The quantitative estimate of drug-likeness (QED) is 0.531. The Kier molecular flexibility index (Phi) is 4.70. The van der Waals surface area contributed by atoms with Crippen LogP contribution in [0.5, 0.6) is 0 Å². The van der Waals surface area contributed by atoms with Gasteiger partial charge in [0.25, 0.3) is 0 Å². The largest absolute Gasteiger partial charge is 0.472 e. The van der Waals surface area contributed by atoms with Crippen LogP contribution < -0.4 is 4.57 Å². The summed E-state index contributed by atoms with van der Waals surface area (Å²) < 4.78 is 3.86. The summed E-state index contributed by atoms with van der Waals surface area (Å²) in [5.41, 5.74) is 6.35. The molecule has 140 valence electrons. The minimum Gasteiger partial charge on any atom is -0.472 e. The first-order valence-corrected chi connectivity index (χ1v) is 9.39. The lowest BCUT2D eigenvalue weighted by Gasteiger charge is -2.04. The zero-order valence-electron chi connectivity index (χ0n) is 16.1. The second kappa shape index (κ2) is 7.31. The van der Waals surface area contributed by atoms with Crippen molar-refractivity contribution in [2.45, 2.75) is 26.9 Å². The highest BCUT2D eigenvalue weighted by Gasteiger charge is 2.32. The molecule has 0 unspecified atom stereocenters. The van der Waals surface area contributed by atoms with Crippen LogP contribution in [-0.4, -0.2) is 15.6 Å². The molecule has 4 aromatic rings. The first-order chi connectivity index (χ1) is 13.6. The molecule has 0 saturated carbocycles. The number of aromatic nitrogens is 2. The summed E-state index contributed by atoms with van der Waals surface area (Å²) in [5, 5.41) is 10.1. The van der Waals surface area contributed by atoms with Gasteiger partial charge in [-0.05, 0) is 36.6 Å². The van der Waals surface area contributed by atoms with Gasteiger partial charge in [0.05, 0.1) is 0 Å². The van der Waals surface area contributed by atoms with E-state index in [9.17, 15) is 9.90 Å². The number of benzene rings is 3. The van der Waals surface area contributed by atoms with Crippen LogP contribution >= 0.6 is 0 Å². The van der Waals surface area contributed by atoms with Gasteiger partial charge >= 0.3 is 11.8 Å². The fourth-order valence-corrected chi connectivity index (χ4v) is 3.79. The number of rotatable bonds is 5. The molecule has 0 aliphatic heterocycles. The summed E-state index contributed by atoms with van der Waals surface area (Å²) in [6, 6.07) is 24.1. The number of carboxylic acid groups (broad SMARTS) is 1. The zero-order chi connectivity index (χ0) is 19.7. The van der Waals surface area contributed by atoms with E-state index in [0.29, 0.717) is 18.9 Å². The Morgan fingerprint density at radius 3 is 2.11 bits per heavy atom. The first-order valence-electron chi connectivity index (χ1n) is 9.39. The van der Waals surface area contributed by atoms with Crippen molar-refractivity contribution >= 4 is 17.0 Å². The maximum Gasteiger partial charge on any atom is 0.419 e. The van der Waals surface area contributed by atoms with Gasteiger partial charge in [-0.1, -0.05) is 66.7 Å². The average Bonchev–Trinajstić information content (AvgIpc) is 3.00. The molecule has 0 aliphatic carbocycles. The summed E-state index contributed by atoms with van der Waals surface area (Å²) in [7, 11) is 0. The molecule has 0 amide bonds. The van der Waals surface area contributed by atoms with Crippen LogP contribution in [0.4, 0.5) is 0 Å². The highest BCUT2D eigenvalue weighted by molar-refractivity contribution is 5.88. The van der Waals surface area contributed by atoms with Crippen molar-refractivity contribution in [3.8, 4) is 0 Å². The van der Waals surface area contributed by atoms with Gasteiger partial charge in [0.15, 0.2) is 11.0 Å². The maximum absolute atomic E-state index is 12.3. The van der Waals surface area contributed by atoms with Gasteiger partial charge < -0.3 is 5.11 Å². The van der Waals surface area contributed by atoms with Gasteiger partial charge in [0.2, 0.25) is 0 Å². The number of imidazole rings is 1. The van der Waals surface area contributed by atoms with Crippen LogP contribution in [0.3, 0.4) is 0 Å². The third-order valence-corrected chi connectivity index (χ3v) is 5.31. The minimum atomic E-state index is -0.917. The Labute approximate surface area is 164 Å². The molecular weight excluding hydrogens is 348 g/mol. The normalized spacial score (nSPS) is 11.1. The Morgan fingerprint density at radius 2 is 1.50 bits per heavy atom. The molecular formula is C24H23N2O2+. The molecule has 0 aliphatic rings. The maximum atomic E-state index is 12.3. The summed E-state index contributed by atoms with van der Waals surface area (Å²) in [4.78, 5) is 12.3. The van der Waals surface area contributed by atoms with E-state index in [1.165, 1.54) is 0 Å². The van der Waals surface area contributed by atoms with Crippen molar-refractivity contribution < 1.29 is 14.5 Å². The average molecular weight is 371 g/mol. The molecule has 4 heteroatoms. The molecule has 0 spiro atoms. The lowest BCUT2D eigenvalue weighted by atomic mass is 10.1. The summed E-state index contributed by atoms with van der Waals surface area (Å²) >= 11 is 0. The van der Waals surface area contributed by atoms with Gasteiger partial charge in [0.1, 0.15) is 13.1 Å². The van der Waals surface area contributed by atoms with E-state index in [1.54, 1.807) is 0 Å². The van der Waals surface area contributed by atoms with Crippen molar-refractivity contribution in [1.82, 2.24) is 4.57 Å². The van der Waals surface area contributed by atoms with Crippen molar-refractivity contribution in [3.05, 3.63) is 101 Å². The standard InChI is InChI=1S/C24H22N2O2/c1-17-13-14-21-22(18(17)2)26(16-20-11-7-4-8-12-20)23(24(27)28)25(21)15-19-9-5-3-6-10-19/h3-14H,15-16H2,1-2H3/p+1. The van der Waals surface area contributed by atoms with E-state index < -0.39 is 5.97 Å². The minimum absolute atomic E-state index is 0.302. The third-order valence-electron chi connectivity index (χ3n) is 5.31. The summed E-state index contributed by atoms with van der Waals surface area (Å²) in [5.74, 6) is -0.614. The van der Waals surface area contributed by atoms with Crippen LogP contribution in [0.2, 0.25) is 0 Å². The number of hydrogen-bond acceptors (Lipinski definition) is 1.